The average Bonchev–Trinajstić information content (AvgIpc) is 3.70. The molecule has 0 radical (unpaired) electrons. The minimum absolute atomic E-state index is 0.0173. The number of hydrogen-bond donors (Lipinski definition) is 0. The third kappa shape index (κ3) is 8.54. The Morgan fingerprint density at radius 2 is 1.29 bits per heavy atom. The van der Waals surface area contributed by atoms with Crippen molar-refractivity contribution in [3.05, 3.63) is 60.9 Å². The van der Waals surface area contributed by atoms with Crippen LogP contribution in [0.1, 0.15) is 0 Å². The summed E-state index contributed by atoms with van der Waals surface area (Å²) < 4.78 is 60.0. The molecule has 0 spiro atoms. The van der Waals surface area contributed by atoms with Gasteiger partial charge in [-0.1, -0.05) is 34.3 Å². The molecule has 48 heavy (non-hydrogen) atoms. The average molecular weight is 731 g/mol. The van der Waals surface area contributed by atoms with Crippen molar-refractivity contribution >= 4 is 65.3 Å². The van der Waals surface area contributed by atoms with Crippen LogP contribution in [0, 0.1) is 0 Å². The highest BCUT2D eigenvalue weighted by atomic mass is 32.2. The molecule has 0 unspecified atom stereocenters. The molecule has 0 aliphatic heterocycles. The fraction of sp³-hybridized carbons (Fsp3) is 0.286. The van der Waals surface area contributed by atoms with Gasteiger partial charge in [0.05, 0.1) is 12.4 Å². The number of ether oxygens (including phenoxy) is 2. The maximum Gasteiger partial charge on any atom is 0.248 e. The van der Waals surface area contributed by atoms with E-state index in [9.17, 15) is 16.8 Å². The van der Waals surface area contributed by atoms with E-state index in [1.807, 2.05) is 30.5 Å². The number of sulfone groups is 2. The summed E-state index contributed by atoms with van der Waals surface area (Å²) in [5.74, 6) is 2.86. The van der Waals surface area contributed by atoms with E-state index in [4.69, 9.17) is 9.47 Å². The lowest BCUT2D eigenvalue weighted by Gasteiger charge is -2.06. The second-order valence-electron chi connectivity index (χ2n) is 9.94. The summed E-state index contributed by atoms with van der Waals surface area (Å²) in [5.41, 5.74) is 2.54. The van der Waals surface area contributed by atoms with Gasteiger partial charge in [0.2, 0.25) is 15.0 Å². The number of thioether (sulfide) groups is 2. The summed E-state index contributed by atoms with van der Waals surface area (Å²) in [7, 11) is -6.71. The number of fused-ring (bicyclic) bond motifs is 2. The first kappa shape index (κ1) is 34.9. The first-order valence-electron chi connectivity index (χ1n) is 14.0. The van der Waals surface area contributed by atoms with Crippen molar-refractivity contribution in [1.29, 1.82) is 0 Å². The van der Waals surface area contributed by atoms with Gasteiger partial charge in [0, 0.05) is 42.8 Å². The summed E-state index contributed by atoms with van der Waals surface area (Å²) in [5, 5.41) is 16.9. The van der Waals surface area contributed by atoms with Gasteiger partial charge in [-0.25, -0.2) is 31.8 Å². The lowest BCUT2D eigenvalue weighted by molar-refractivity contribution is 0.344. The zero-order chi connectivity index (χ0) is 34.3. The van der Waals surface area contributed by atoms with Crippen LogP contribution in [0.3, 0.4) is 0 Å². The Morgan fingerprint density at radius 3 is 1.83 bits per heavy atom. The van der Waals surface area contributed by atoms with Gasteiger partial charge in [0.1, 0.15) is 29.1 Å². The topological polar surface area (TPSA) is 200 Å². The molecule has 0 aliphatic rings. The number of hydrogen-bond acceptors (Lipinski definition) is 16. The number of benzene rings is 2. The van der Waals surface area contributed by atoms with Gasteiger partial charge in [-0.15, -0.1) is 10.2 Å². The van der Waals surface area contributed by atoms with E-state index >= 15 is 0 Å². The fourth-order valence-electron chi connectivity index (χ4n) is 4.13. The van der Waals surface area contributed by atoms with Crippen molar-refractivity contribution in [2.24, 2.45) is 0 Å². The van der Waals surface area contributed by atoms with E-state index in [1.165, 1.54) is 28.7 Å². The molecule has 20 heteroatoms. The SMILES string of the molecule is CS(=O)(=O)CCOc1cccc2c1nnn2-c1ccnc(S(C)(=O)=O)n1.CSCCOc1cccc2c1nnn2-c1ccnc(SC)n1. The van der Waals surface area contributed by atoms with E-state index < -0.39 is 19.7 Å². The zero-order valence-electron chi connectivity index (χ0n) is 26.2. The Bertz CT molecular complexity index is 2260. The van der Waals surface area contributed by atoms with E-state index in [1.54, 1.807) is 40.8 Å². The molecule has 2 aromatic carbocycles. The molecule has 0 bridgehead atoms. The van der Waals surface area contributed by atoms with Gasteiger partial charge in [0.15, 0.2) is 37.7 Å². The maximum atomic E-state index is 11.6. The Kier molecular flexibility index (Phi) is 11.1. The van der Waals surface area contributed by atoms with Crippen LogP contribution in [0.25, 0.3) is 33.7 Å². The van der Waals surface area contributed by atoms with Crippen LogP contribution >= 0.6 is 23.5 Å². The normalized spacial score (nSPS) is 11.8. The van der Waals surface area contributed by atoms with Crippen molar-refractivity contribution in [3.8, 4) is 23.1 Å². The van der Waals surface area contributed by atoms with Crippen LogP contribution in [0.15, 0.2) is 71.2 Å². The summed E-state index contributed by atoms with van der Waals surface area (Å²) >= 11 is 3.24. The predicted octanol–water partition coefficient (Wildman–Crippen LogP) is 2.71. The quantitative estimate of drug-likeness (QED) is 0.101. The zero-order valence-corrected chi connectivity index (χ0v) is 29.4. The van der Waals surface area contributed by atoms with Crippen molar-refractivity contribution in [2.45, 2.75) is 10.3 Å². The van der Waals surface area contributed by atoms with Crippen LogP contribution in [0.4, 0.5) is 0 Å². The number of nitrogens with zero attached hydrogens (tertiary/aromatic N) is 10. The van der Waals surface area contributed by atoms with Crippen LogP contribution in [0.2, 0.25) is 0 Å². The number of aromatic nitrogens is 10. The maximum absolute atomic E-state index is 11.6. The predicted molar refractivity (Wildman–Crippen MR) is 183 cm³/mol. The first-order chi connectivity index (χ1) is 23.0. The second kappa shape index (κ2) is 15.2. The molecule has 16 nitrogen and oxygen atoms in total. The van der Waals surface area contributed by atoms with Crippen molar-refractivity contribution in [3.63, 3.8) is 0 Å². The van der Waals surface area contributed by atoms with Gasteiger partial charge in [0.25, 0.3) is 0 Å². The largest absolute Gasteiger partial charge is 0.490 e. The van der Waals surface area contributed by atoms with Crippen LogP contribution in [-0.4, -0.2) is 117 Å². The second-order valence-corrected chi connectivity index (χ2v) is 15.9. The van der Waals surface area contributed by atoms with Gasteiger partial charge >= 0.3 is 0 Å². The molecule has 4 heterocycles. The minimum Gasteiger partial charge on any atom is -0.490 e. The smallest absolute Gasteiger partial charge is 0.248 e. The molecule has 0 N–H and O–H groups in total. The molecule has 0 atom stereocenters. The highest BCUT2D eigenvalue weighted by Gasteiger charge is 2.17. The molecule has 0 aliphatic carbocycles. The molecule has 0 amide bonds. The molecular weight excluding hydrogens is 701 g/mol. The Balaban J connectivity index is 0.000000190. The van der Waals surface area contributed by atoms with Crippen LogP contribution in [0.5, 0.6) is 11.5 Å². The molecular formula is C28H30N10O6S4. The molecule has 0 saturated heterocycles. The van der Waals surface area contributed by atoms with E-state index in [2.05, 4.69) is 46.8 Å². The van der Waals surface area contributed by atoms with Crippen molar-refractivity contribution in [1.82, 2.24) is 49.9 Å². The third-order valence-electron chi connectivity index (χ3n) is 6.32. The van der Waals surface area contributed by atoms with Crippen molar-refractivity contribution < 1.29 is 26.3 Å². The van der Waals surface area contributed by atoms with E-state index in [0.29, 0.717) is 34.4 Å². The Morgan fingerprint density at radius 1 is 0.729 bits per heavy atom. The summed E-state index contributed by atoms with van der Waals surface area (Å²) in [6.07, 6.45) is 9.18. The van der Waals surface area contributed by atoms with Crippen LogP contribution in [-0.2, 0) is 19.7 Å². The summed E-state index contributed by atoms with van der Waals surface area (Å²) in [6.45, 7) is 0.633. The molecule has 4 aromatic heterocycles. The minimum atomic E-state index is -3.57. The molecule has 6 rings (SSSR count). The lowest BCUT2D eigenvalue weighted by Crippen LogP contribution is -2.12. The third-order valence-corrected chi connectivity index (χ3v) is 9.23. The summed E-state index contributed by atoms with van der Waals surface area (Å²) in [4.78, 5) is 16.4. The molecule has 0 fully saturated rings. The van der Waals surface area contributed by atoms with Gasteiger partial charge in [-0.3, -0.25) is 0 Å². The van der Waals surface area contributed by atoms with Crippen molar-refractivity contribution in [2.75, 3.05) is 49.7 Å². The van der Waals surface area contributed by atoms with E-state index in [-0.39, 0.29) is 23.3 Å². The monoisotopic (exact) mass is 730 g/mol. The Labute approximate surface area is 284 Å². The standard InChI is InChI=1S/C14H15N5O5S2.C14H15N5OS2/c1-25(20,21)9-8-24-11-5-3-4-10-13(11)17-18-19(10)12-6-7-15-14(16-12)26(2,22)23;1-21-9-8-20-11-5-3-4-10-13(11)17-18-19(10)12-6-7-15-14(16-12)22-2/h3-7H,8-9H2,1-2H3;3-7H,8-9H2,1-2H3. The van der Waals surface area contributed by atoms with Gasteiger partial charge in [-0.05, 0) is 36.8 Å². The van der Waals surface area contributed by atoms with Crippen LogP contribution < -0.4 is 9.47 Å². The fourth-order valence-corrected chi connectivity index (χ4v) is 5.62. The Hall–Kier alpha value is -4.40. The molecule has 252 valence electrons. The van der Waals surface area contributed by atoms with Gasteiger partial charge < -0.3 is 9.47 Å². The van der Waals surface area contributed by atoms with Gasteiger partial charge in [-0.2, -0.15) is 26.1 Å². The molecule has 0 saturated carbocycles. The van der Waals surface area contributed by atoms with E-state index in [0.717, 1.165) is 35.0 Å². The summed E-state index contributed by atoms with van der Waals surface area (Å²) in [6, 6.07) is 14.2. The number of rotatable bonds is 12. The highest BCUT2D eigenvalue weighted by molar-refractivity contribution is 7.98. The lowest BCUT2D eigenvalue weighted by atomic mass is 10.3. The first-order valence-corrected chi connectivity index (χ1v) is 20.6. The highest BCUT2D eigenvalue weighted by Crippen LogP contribution is 2.26. The molecule has 6 aromatic rings.